The molecule has 3 rings (SSSR count). The van der Waals surface area contributed by atoms with Gasteiger partial charge in [0.2, 0.25) is 5.91 Å². The molecule has 0 atom stereocenters. The maximum atomic E-state index is 13.9. The van der Waals surface area contributed by atoms with Crippen LogP contribution in [0.4, 0.5) is 15.8 Å². The van der Waals surface area contributed by atoms with Crippen molar-refractivity contribution in [2.24, 2.45) is 0 Å². The molecule has 0 bridgehead atoms. The third kappa shape index (κ3) is 6.35. The summed E-state index contributed by atoms with van der Waals surface area (Å²) >= 11 is 5.92. The van der Waals surface area contributed by atoms with E-state index in [-0.39, 0.29) is 28.0 Å². The van der Waals surface area contributed by atoms with Gasteiger partial charge < -0.3 is 19.5 Å². The van der Waals surface area contributed by atoms with Crippen molar-refractivity contribution in [2.45, 2.75) is 18.7 Å². The Balaban J connectivity index is 1.97. The van der Waals surface area contributed by atoms with Gasteiger partial charge in [-0.3, -0.25) is 9.10 Å². The molecule has 0 aromatic heterocycles. The van der Waals surface area contributed by atoms with Crippen molar-refractivity contribution >= 4 is 44.9 Å². The Hall–Kier alpha value is -3.83. The van der Waals surface area contributed by atoms with Crippen LogP contribution in [0.25, 0.3) is 0 Å². The monoisotopic (exact) mass is 564 g/mol. The molecule has 0 aliphatic rings. The fourth-order valence-corrected chi connectivity index (χ4v) is 5.13. The first-order valence-corrected chi connectivity index (χ1v) is 13.1. The number of methoxy groups -OCH3 is 2. The largest absolute Gasteiger partial charge is 0.493 e. The van der Waals surface area contributed by atoms with Crippen molar-refractivity contribution in [2.75, 3.05) is 37.0 Å². The molecule has 1 amide bonds. The number of carbonyl (C=O) groups excluding carboxylic acids is 2. The molecular weight excluding hydrogens is 539 g/mol. The van der Waals surface area contributed by atoms with Gasteiger partial charge in [0.1, 0.15) is 12.4 Å². The van der Waals surface area contributed by atoms with Gasteiger partial charge in [0.05, 0.1) is 42.0 Å². The van der Waals surface area contributed by atoms with Crippen LogP contribution in [0.2, 0.25) is 5.02 Å². The van der Waals surface area contributed by atoms with E-state index in [0.717, 1.165) is 16.4 Å². The lowest BCUT2D eigenvalue weighted by atomic mass is 10.1. The molecule has 0 aliphatic heterocycles. The predicted molar refractivity (Wildman–Crippen MR) is 141 cm³/mol. The first kappa shape index (κ1) is 28.7. The zero-order valence-electron chi connectivity index (χ0n) is 21.1. The third-order valence-corrected chi connectivity index (χ3v) is 7.49. The predicted octanol–water partition coefficient (Wildman–Crippen LogP) is 4.82. The Kier molecular flexibility index (Phi) is 9.18. The van der Waals surface area contributed by atoms with E-state index in [4.69, 9.17) is 25.8 Å². The molecule has 3 aromatic carbocycles. The van der Waals surface area contributed by atoms with Gasteiger partial charge in [-0.25, -0.2) is 17.6 Å². The minimum atomic E-state index is -4.37. The Morgan fingerprint density at radius 2 is 1.71 bits per heavy atom. The summed E-state index contributed by atoms with van der Waals surface area (Å²) in [6, 6.07) is 11.8. The Bertz CT molecular complexity index is 1460. The zero-order valence-corrected chi connectivity index (χ0v) is 22.7. The molecule has 0 saturated heterocycles. The highest BCUT2D eigenvalue weighted by Gasteiger charge is 2.29. The van der Waals surface area contributed by atoms with Crippen LogP contribution < -0.4 is 19.1 Å². The molecule has 0 unspecified atom stereocenters. The fourth-order valence-electron chi connectivity index (χ4n) is 3.52. The molecule has 38 heavy (non-hydrogen) atoms. The number of amides is 1. The zero-order chi connectivity index (χ0) is 28.0. The van der Waals surface area contributed by atoms with E-state index < -0.39 is 34.3 Å². The number of esters is 1. The van der Waals surface area contributed by atoms with Crippen molar-refractivity contribution in [3.63, 3.8) is 0 Å². The van der Waals surface area contributed by atoms with Gasteiger partial charge in [-0.1, -0.05) is 11.6 Å². The Morgan fingerprint density at radius 3 is 2.32 bits per heavy atom. The second-order valence-electron chi connectivity index (χ2n) is 7.93. The maximum Gasteiger partial charge on any atom is 0.338 e. The van der Waals surface area contributed by atoms with Crippen molar-refractivity contribution in [1.82, 2.24) is 0 Å². The van der Waals surface area contributed by atoms with Crippen LogP contribution in [0.1, 0.15) is 22.8 Å². The molecule has 202 valence electrons. The van der Waals surface area contributed by atoms with E-state index in [1.807, 2.05) is 0 Å². The summed E-state index contributed by atoms with van der Waals surface area (Å²) in [4.78, 5) is 24.8. The second kappa shape index (κ2) is 12.1. The molecule has 0 spiro atoms. The summed E-state index contributed by atoms with van der Waals surface area (Å²) in [5, 5.41) is 2.33. The van der Waals surface area contributed by atoms with Gasteiger partial charge in [-0.15, -0.1) is 0 Å². The van der Waals surface area contributed by atoms with E-state index in [1.54, 1.807) is 19.9 Å². The smallest absolute Gasteiger partial charge is 0.338 e. The molecule has 12 heteroatoms. The molecular formula is C26H26ClFN2O7S. The number of ether oxygens (including phenoxy) is 3. The van der Waals surface area contributed by atoms with Crippen LogP contribution in [0.3, 0.4) is 0 Å². The Morgan fingerprint density at radius 1 is 1.00 bits per heavy atom. The van der Waals surface area contributed by atoms with Crippen LogP contribution in [0, 0.1) is 12.7 Å². The van der Waals surface area contributed by atoms with Gasteiger partial charge in [0, 0.05) is 11.8 Å². The van der Waals surface area contributed by atoms with E-state index in [2.05, 4.69) is 5.32 Å². The second-order valence-corrected chi connectivity index (χ2v) is 10.2. The number of hydrogen-bond donors (Lipinski definition) is 1. The highest BCUT2D eigenvalue weighted by atomic mass is 35.5. The van der Waals surface area contributed by atoms with Crippen molar-refractivity contribution in [1.29, 1.82) is 0 Å². The highest BCUT2D eigenvalue weighted by molar-refractivity contribution is 7.92. The van der Waals surface area contributed by atoms with Gasteiger partial charge in [0.25, 0.3) is 10.0 Å². The number of benzene rings is 3. The molecule has 1 N–H and O–H groups in total. The summed E-state index contributed by atoms with van der Waals surface area (Å²) in [5.41, 5.74) is 1.20. The number of rotatable bonds is 10. The number of carbonyl (C=O) groups is 2. The number of nitrogens with one attached hydrogen (secondary N) is 1. The average molecular weight is 565 g/mol. The molecule has 3 aromatic rings. The number of halogens is 2. The number of anilines is 2. The lowest BCUT2D eigenvalue weighted by molar-refractivity contribution is -0.114. The molecule has 0 radical (unpaired) electrons. The third-order valence-electron chi connectivity index (χ3n) is 5.43. The molecule has 0 fully saturated rings. The minimum absolute atomic E-state index is 0.0317. The van der Waals surface area contributed by atoms with Crippen molar-refractivity contribution < 1.29 is 36.6 Å². The lowest BCUT2D eigenvalue weighted by Crippen LogP contribution is -2.38. The summed E-state index contributed by atoms with van der Waals surface area (Å²) in [5.74, 6) is -1.48. The van der Waals surface area contributed by atoms with Crippen LogP contribution in [-0.2, 0) is 19.6 Å². The number of sulfonamides is 1. The highest BCUT2D eigenvalue weighted by Crippen LogP contribution is 2.33. The van der Waals surface area contributed by atoms with Crippen LogP contribution in [-0.4, -0.2) is 47.7 Å². The number of aryl methyl sites for hydroxylation is 1. The Labute approximate surface area is 225 Å². The number of nitrogens with zero attached hydrogens (tertiary/aromatic N) is 1. The standard InChI is InChI=1S/C26H26ClFN2O7S/c1-5-37-26(32)17-6-10-22(16(2)12-17)29-25(31)15-30(18-7-9-21(28)20(27)13-18)38(33,34)19-8-11-23(35-3)24(14-19)36-4/h6-14H,5,15H2,1-4H3,(H,29,31). The molecule has 0 aliphatic carbocycles. The quantitative estimate of drug-likeness (QED) is 0.352. The van der Waals surface area contributed by atoms with Gasteiger partial charge in [-0.2, -0.15) is 0 Å². The van der Waals surface area contributed by atoms with E-state index in [1.165, 1.54) is 50.6 Å². The van der Waals surface area contributed by atoms with Crippen molar-refractivity contribution in [3.8, 4) is 11.5 Å². The van der Waals surface area contributed by atoms with Gasteiger partial charge in [0.15, 0.2) is 11.5 Å². The van der Waals surface area contributed by atoms with E-state index in [0.29, 0.717) is 22.6 Å². The van der Waals surface area contributed by atoms with Crippen molar-refractivity contribution in [3.05, 3.63) is 76.6 Å². The lowest BCUT2D eigenvalue weighted by Gasteiger charge is -2.25. The first-order valence-electron chi connectivity index (χ1n) is 11.3. The first-order chi connectivity index (χ1) is 18.0. The minimum Gasteiger partial charge on any atom is -0.493 e. The molecule has 9 nitrogen and oxygen atoms in total. The summed E-state index contributed by atoms with van der Waals surface area (Å²) in [6.07, 6.45) is 0. The maximum absolute atomic E-state index is 13.9. The SMILES string of the molecule is CCOC(=O)c1ccc(NC(=O)CN(c2ccc(F)c(Cl)c2)S(=O)(=O)c2ccc(OC)c(OC)c2)c(C)c1. The normalized spacial score (nSPS) is 11.0. The number of hydrogen-bond acceptors (Lipinski definition) is 7. The molecule has 0 heterocycles. The summed E-state index contributed by atoms with van der Waals surface area (Å²) in [6.45, 7) is 2.91. The molecule has 0 saturated carbocycles. The fraction of sp³-hybridized carbons (Fsp3) is 0.231. The average Bonchev–Trinajstić information content (AvgIpc) is 2.89. The van der Waals surface area contributed by atoms with Crippen LogP contribution >= 0.6 is 11.6 Å². The van der Waals surface area contributed by atoms with Gasteiger partial charge >= 0.3 is 5.97 Å². The summed E-state index contributed by atoms with van der Waals surface area (Å²) < 4.78 is 57.4. The van der Waals surface area contributed by atoms with E-state index in [9.17, 15) is 22.4 Å². The van der Waals surface area contributed by atoms with Crippen LogP contribution in [0.15, 0.2) is 59.5 Å². The summed E-state index contributed by atoms with van der Waals surface area (Å²) in [7, 11) is -1.61. The van der Waals surface area contributed by atoms with Gasteiger partial charge in [-0.05, 0) is 67.9 Å². The van der Waals surface area contributed by atoms with Crippen LogP contribution in [0.5, 0.6) is 11.5 Å². The topological polar surface area (TPSA) is 111 Å². The van der Waals surface area contributed by atoms with E-state index >= 15 is 0 Å².